The number of carboxylic acid groups (broad SMARTS) is 1. The van der Waals surface area contributed by atoms with E-state index in [-0.39, 0.29) is 0 Å². The van der Waals surface area contributed by atoms with Crippen LogP contribution < -0.4 is 11.2 Å². The number of aromatic carboxylic acids is 1. The van der Waals surface area contributed by atoms with Gasteiger partial charge in [0.1, 0.15) is 5.56 Å². The molecule has 1 aromatic rings. The molecule has 7 heteroatoms. The Kier molecular flexibility index (Phi) is 5.50. The van der Waals surface area contributed by atoms with Crippen molar-refractivity contribution in [2.45, 2.75) is 26.8 Å². The van der Waals surface area contributed by atoms with Gasteiger partial charge < -0.3 is 10.0 Å². The number of aryl methyl sites for hydroxylation is 1. The lowest BCUT2D eigenvalue weighted by Gasteiger charge is -2.17. The summed E-state index contributed by atoms with van der Waals surface area (Å²) in [6, 6.07) is 0. The maximum Gasteiger partial charge on any atom is 0.342 e. The average Bonchev–Trinajstić information content (AvgIpc) is 2.36. The zero-order valence-corrected chi connectivity index (χ0v) is 11.2. The molecule has 0 radical (unpaired) electrons. The highest BCUT2D eigenvalue weighted by atomic mass is 16.4. The predicted molar refractivity (Wildman–Crippen MR) is 70.7 cm³/mol. The number of carbonyl (C=O) groups is 1. The Morgan fingerprint density at radius 2 is 2.00 bits per heavy atom. The molecule has 0 saturated heterocycles. The summed E-state index contributed by atoms with van der Waals surface area (Å²) in [5.41, 5.74) is -1.85. The first-order valence-electron chi connectivity index (χ1n) is 6.29. The van der Waals surface area contributed by atoms with Gasteiger partial charge in [-0.15, -0.1) is 0 Å². The largest absolute Gasteiger partial charge is 0.477 e. The monoisotopic (exact) mass is 269 g/mol. The number of carboxylic acids is 1. The second kappa shape index (κ2) is 6.89. The van der Waals surface area contributed by atoms with Gasteiger partial charge in [-0.05, 0) is 26.1 Å². The van der Waals surface area contributed by atoms with Crippen LogP contribution in [0.1, 0.15) is 30.6 Å². The normalized spacial score (nSPS) is 10.9. The standard InChI is InChI=1S/C12H19N3O4/c1-3-14(4-2)6-5-7-15-8-9(11(17)18)10(16)13-12(15)19/h8H,3-7H2,1-2H3,(H,17,18)(H,13,16,19). The van der Waals surface area contributed by atoms with E-state index in [1.807, 2.05) is 4.98 Å². The second-order valence-electron chi connectivity index (χ2n) is 4.18. The van der Waals surface area contributed by atoms with Gasteiger partial charge >= 0.3 is 11.7 Å². The third-order valence-corrected chi connectivity index (χ3v) is 3.01. The first-order valence-corrected chi connectivity index (χ1v) is 6.29. The van der Waals surface area contributed by atoms with Gasteiger partial charge in [0.25, 0.3) is 5.56 Å². The lowest BCUT2D eigenvalue weighted by atomic mass is 10.3. The van der Waals surface area contributed by atoms with Gasteiger partial charge in [0.15, 0.2) is 0 Å². The van der Waals surface area contributed by atoms with Crippen LogP contribution in [-0.4, -0.2) is 45.2 Å². The molecular weight excluding hydrogens is 250 g/mol. The molecule has 0 aliphatic heterocycles. The summed E-state index contributed by atoms with van der Waals surface area (Å²) in [7, 11) is 0. The third-order valence-electron chi connectivity index (χ3n) is 3.01. The summed E-state index contributed by atoms with van der Waals surface area (Å²) in [6.07, 6.45) is 1.82. The van der Waals surface area contributed by atoms with E-state index in [0.29, 0.717) is 13.0 Å². The van der Waals surface area contributed by atoms with Crippen LogP contribution in [0.4, 0.5) is 0 Å². The molecule has 2 N–H and O–H groups in total. The fourth-order valence-electron chi connectivity index (χ4n) is 1.83. The maximum atomic E-state index is 11.5. The lowest BCUT2D eigenvalue weighted by molar-refractivity contribution is 0.0693. The highest BCUT2D eigenvalue weighted by Crippen LogP contribution is 1.94. The Morgan fingerprint density at radius 3 is 2.53 bits per heavy atom. The van der Waals surface area contributed by atoms with E-state index in [0.717, 1.165) is 25.8 Å². The lowest BCUT2D eigenvalue weighted by Crippen LogP contribution is -2.34. The minimum atomic E-state index is -1.33. The minimum Gasteiger partial charge on any atom is -0.477 e. The zero-order chi connectivity index (χ0) is 14.4. The summed E-state index contributed by atoms with van der Waals surface area (Å²) in [4.78, 5) is 37.8. The molecule has 0 unspecified atom stereocenters. The summed E-state index contributed by atoms with van der Waals surface area (Å²) in [6.45, 7) is 7.17. The van der Waals surface area contributed by atoms with Gasteiger partial charge in [0.2, 0.25) is 0 Å². The van der Waals surface area contributed by atoms with Gasteiger partial charge in [-0.25, -0.2) is 9.59 Å². The van der Waals surface area contributed by atoms with E-state index in [1.54, 1.807) is 0 Å². The van der Waals surface area contributed by atoms with Crippen molar-refractivity contribution in [1.29, 1.82) is 0 Å². The minimum absolute atomic E-state index is 0.381. The number of hydrogen-bond acceptors (Lipinski definition) is 4. The first kappa shape index (κ1) is 15.2. The van der Waals surface area contributed by atoms with E-state index >= 15 is 0 Å². The third kappa shape index (κ3) is 4.06. The molecule has 0 aromatic carbocycles. The number of nitrogens with zero attached hydrogens (tertiary/aromatic N) is 2. The van der Waals surface area contributed by atoms with Crippen molar-refractivity contribution in [1.82, 2.24) is 14.5 Å². The van der Waals surface area contributed by atoms with Gasteiger partial charge in [0.05, 0.1) is 0 Å². The number of aromatic nitrogens is 2. The molecule has 19 heavy (non-hydrogen) atoms. The van der Waals surface area contributed by atoms with E-state index in [1.165, 1.54) is 4.57 Å². The summed E-state index contributed by atoms with van der Waals surface area (Å²) in [5, 5.41) is 8.83. The molecule has 106 valence electrons. The molecule has 1 aromatic heterocycles. The molecule has 0 atom stereocenters. The number of H-pyrrole nitrogens is 1. The molecule has 0 aliphatic rings. The van der Waals surface area contributed by atoms with E-state index in [2.05, 4.69) is 18.7 Å². The topological polar surface area (TPSA) is 95.4 Å². The van der Waals surface area contributed by atoms with Crippen molar-refractivity contribution < 1.29 is 9.90 Å². The molecule has 7 nitrogen and oxygen atoms in total. The number of rotatable bonds is 7. The van der Waals surface area contributed by atoms with Crippen LogP contribution in [0.5, 0.6) is 0 Å². The van der Waals surface area contributed by atoms with Gasteiger partial charge in [0, 0.05) is 12.7 Å². The fourth-order valence-corrected chi connectivity index (χ4v) is 1.83. The van der Waals surface area contributed by atoms with Crippen LogP contribution in [0.25, 0.3) is 0 Å². The molecule has 0 aliphatic carbocycles. The maximum absolute atomic E-state index is 11.5. The van der Waals surface area contributed by atoms with Crippen molar-refractivity contribution in [2.75, 3.05) is 19.6 Å². The molecule has 0 amide bonds. The number of aromatic amines is 1. The van der Waals surface area contributed by atoms with E-state index < -0.39 is 22.8 Å². The average molecular weight is 269 g/mol. The second-order valence-corrected chi connectivity index (χ2v) is 4.18. The Bertz CT molecular complexity index is 543. The summed E-state index contributed by atoms with van der Waals surface area (Å²) in [5.74, 6) is -1.33. The quantitative estimate of drug-likeness (QED) is 0.724. The SMILES string of the molecule is CCN(CC)CCCn1cc(C(=O)O)c(=O)[nH]c1=O. The van der Waals surface area contributed by atoms with Crippen LogP contribution in [-0.2, 0) is 6.54 Å². The molecule has 1 rings (SSSR count). The Morgan fingerprint density at radius 1 is 1.37 bits per heavy atom. The first-order chi connectivity index (χ1) is 8.99. The highest BCUT2D eigenvalue weighted by molar-refractivity contribution is 5.86. The van der Waals surface area contributed by atoms with Gasteiger partial charge in [-0.3, -0.25) is 14.3 Å². The Balaban J connectivity index is 2.79. The van der Waals surface area contributed by atoms with Crippen LogP contribution in [0.3, 0.4) is 0 Å². The van der Waals surface area contributed by atoms with Crippen molar-refractivity contribution >= 4 is 5.97 Å². The van der Waals surface area contributed by atoms with Gasteiger partial charge in [-0.1, -0.05) is 13.8 Å². The van der Waals surface area contributed by atoms with Crippen molar-refractivity contribution in [3.63, 3.8) is 0 Å². The highest BCUT2D eigenvalue weighted by Gasteiger charge is 2.11. The summed E-state index contributed by atoms with van der Waals surface area (Å²) >= 11 is 0. The summed E-state index contributed by atoms with van der Waals surface area (Å²) < 4.78 is 1.23. The van der Waals surface area contributed by atoms with Crippen LogP contribution in [0, 0.1) is 0 Å². The van der Waals surface area contributed by atoms with E-state index in [9.17, 15) is 14.4 Å². The fraction of sp³-hybridized carbons (Fsp3) is 0.583. The molecule has 1 heterocycles. The van der Waals surface area contributed by atoms with Crippen molar-refractivity contribution in [3.05, 3.63) is 32.6 Å². The smallest absolute Gasteiger partial charge is 0.342 e. The van der Waals surface area contributed by atoms with Crippen LogP contribution in [0.15, 0.2) is 15.8 Å². The molecule has 0 bridgehead atoms. The molecule has 0 spiro atoms. The molecular formula is C12H19N3O4. The zero-order valence-electron chi connectivity index (χ0n) is 11.2. The molecule has 0 saturated carbocycles. The van der Waals surface area contributed by atoms with Crippen LogP contribution >= 0.6 is 0 Å². The Hall–Kier alpha value is -1.89. The van der Waals surface area contributed by atoms with Crippen molar-refractivity contribution in [2.24, 2.45) is 0 Å². The Labute approximate surface area is 110 Å². The number of hydrogen-bond donors (Lipinski definition) is 2. The van der Waals surface area contributed by atoms with Crippen molar-refractivity contribution in [3.8, 4) is 0 Å². The van der Waals surface area contributed by atoms with Crippen LogP contribution in [0.2, 0.25) is 0 Å². The van der Waals surface area contributed by atoms with Gasteiger partial charge in [-0.2, -0.15) is 0 Å². The van der Waals surface area contributed by atoms with E-state index in [4.69, 9.17) is 5.11 Å². The predicted octanol–water partition coefficient (Wildman–Crippen LogP) is -0.0333. The molecule has 0 fully saturated rings. The number of nitrogens with one attached hydrogen (secondary N) is 1.